The second-order valence-corrected chi connectivity index (χ2v) is 5.13. The molecule has 0 N–H and O–H groups in total. The summed E-state index contributed by atoms with van der Waals surface area (Å²) in [6, 6.07) is 3.88. The molecule has 0 aromatic heterocycles. The minimum Gasteiger partial charge on any atom is -0.462 e. The number of ketones is 1. The van der Waals surface area contributed by atoms with E-state index in [0.717, 1.165) is 0 Å². The summed E-state index contributed by atoms with van der Waals surface area (Å²) >= 11 is 3.05. The van der Waals surface area contributed by atoms with E-state index in [1.807, 2.05) is 0 Å². The lowest BCUT2D eigenvalue weighted by Crippen LogP contribution is -2.19. The topological polar surface area (TPSA) is 52.6 Å². The molecule has 0 saturated carbocycles. The number of carbonyl (C=O) groups excluding carboxylic acids is 2. The van der Waals surface area contributed by atoms with Crippen molar-refractivity contribution in [1.82, 2.24) is 0 Å². The van der Waals surface area contributed by atoms with Gasteiger partial charge in [-0.1, -0.05) is 22.0 Å². The molecule has 0 radical (unpaired) electrons. The van der Waals surface area contributed by atoms with Gasteiger partial charge in [0.2, 0.25) is 0 Å². The molecule has 4 nitrogen and oxygen atoms in total. The lowest BCUT2D eigenvalue weighted by atomic mass is 10.0. The summed E-state index contributed by atoms with van der Waals surface area (Å²) in [7, 11) is 0. The predicted octanol–water partition coefficient (Wildman–Crippen LogP) is 3.43. The molecule has 0 fully saturated rings. The standard InChI is InChI=1S/C13H13BrF2O4/c1-3-19-12(18)8-5-4-6-9(20-13(15)16)10(8)11(17)7(2)14/h4-7,13H,3H2,1-2H3. The van der Waals surface area contributed by atoms with E-state index in [9.17, 15) is 18.4 Å². The van der Waals surface area contributed by atoms with Crippen molar-refractivity contribution in [3.8, 4) is 5.75 Å². The Kier molecular flexibility index (Phi) is 6.06. The highest BCUT2D eigenvalue weighted by atomic mass is 79.9. The van der Waals surface area contributed by atoms with Gasteiger partial charge in [-0.25, -0.2) is 4.79 Å². The second-order valence-electron chi connectivity index (χ2n) is 3.76. The fraction of sp³-hybridized carbons (Fsp3) is 0.385. The highest BCUT2D eigenvalue weighted by molar-refractivity contribution is 9.10. The van der Waals surface area contributed by atoms with E-state index >= 15 is 0 Å². The van der Waals surface area contributed by atoms with Crippen LogP contribution in [0.2, 0.25) is 0 Å². The smallest absolute Gasteiger partial charge is 0.387 e. The van der Waals surface area contributed by atoms with Crippen LogP contribution in [0, 0.1) is 0 Å². The number of alkyl halides is 3. The lowest BCUT2D eigenvalue weighted by Gasteiger charge is -2.14. The number of halogens is 3. The van der Waals surface area contributed by atoms with Crippen LogP contribution in [0.15, 0.2) is 18.2 Å². The van der Waals surface area contributed by atoms with Gasteiger partial charge in [0.1, 0.15) is 5.75 Å². The van der Waals surface area contributed by atoms with E-state index in [2.05, 4.69) is 20.7 Å². The van der Waals surface area contributed by atoms with E-state index in [-0.39, 0.29) is 23.5 Å². The van der Waals surface area contributed by atoms with Gasteiger partial charge in [0.25, 0.3) is 0 Å². The highest BCUT2D eigenvalue weighted by Crippen LogP contribution is 2.27. The molecule has 1 unspecified atom stereocenters. The molecule has 1 atom stereocenters. The minimum absolute atomic E-state index is 0.0960. The molecule has 0 aliphatic rings. The number of rotatable bonds is 6. The number of hydrogen-bond donors (Lipinski definition) is 0. The van der Waals surface area contributed by atoms with Crippen LogP contribution in [-0.2, 0) is 4.74 Å². The van der Waals surface area contributed by atoms with E-state index in [1.54, 1.807) is 6.92 Å². The molecule has 0 saturated heterocycles. The van der Waals surface area contributed by atoms with Crippen LogP contribution in [-0.4, -0.2) is 29.8 Å². The Labute approximate surface area is 123 Å². The molecule has 0 amide bonds. The van der Waals surface area contributed by atoms with Crippen molar-refractivity contribution in [2.45, 2.75) is 25.3 Å². The average molecular weight is 351 g/mol. The Morgan fingerprint density at radius 2 is 2.00 bits per heavy atom. The molecule has 1 aromatic carbocycles. The maximum absolute atomic E-state index is 12.4. The third-order valence-corrected chi connectivity index (χ3v) is 2.76. The van der Waals surface area contributed by atoms with Gasteiger partial charge in [-0.2, -0.15) is 8.78 Å². The Bertz CT molecular complexity index is 503. The first-order chi connectivity index (χ1) is 9.38. The summed E-state index contributed by atoms with van der Waals surface area (Å²) in [5.74, 6) is -1.64. The Hall–Kier alpha value is -1.50. The maximum atomic E-state index is 12.4. The fourth-order valence-electron chi connectivity index (χ4n) is 1.56. The zero-order chi connectivity index (χ0) is 15.3. The van der Waals surface area contributed by atoms with E-state index < -0.39 is 23.2 Å². The van der Waals surface area contributed by atoms with Gasteiger partial charge in [-0.05, 0) is 26.0 Å². The molecule has 110 valence electrons. The molecule has 7 heteroatoms. The van der Waals surface area contributed by atoms with Gasteiger partial charge < -0.3 is 9.47 Å². The summed E-state index contributed by atoms with van der Waals surface area (Å²) in [6.07, 6.45) is 0. The monoisotopic (exact) mass is 350 g/mol. The fourth-order valence-corrected chi connectivity index (χ4v) is 1.79. The first kappa shape index (κ1) is 16.6. The Balaban J connectivity index is 3.36. The Morgan fingerprint density at radius 3 is 2.50 bits per heavy atom. The number of Topliss-reactive ketones (excluding diaryl/α,β-unsaturated/α-hetero) is 1. The van der Waals surface area contributed by atoms with E-state index in [4.69, 9.17) is 4.74 Å². The predicted molar refractivity (Wildman–Crippen MR) is 71.8 cm³/mol. The van der Waals surface area contributed by atoms with Crippen LogP contribution in [0.3, 0.4) is 0 Å². The minimum atomic E-state index is -3.09. The van der Waals surface area contributed by atoms with Gasteiger partial charge in [0.15, 0.2) is 5.78 Å². The van der Waals surface area contributed by atoms with Crippen molar-refractivity contribution in [1.29, 1.82) is 0 Å². The summed E-state index contributed by atoms with van der Waals surface area (Å²) in [5.41, 5.74) is -0.308. The van der Waals surface area contributed by atoms with Crippen molar-refractivity contribution in [2.24, 2.45) is 0 Å². The van der Waals surface area contributed by atoms with Crippen LogP contribution in [0.1, 0.15) is 34.6 Å². The lowest BCUT2D eigenvalue weighted by molar-refractivity contribution is -0.0502. The van der Waals surface area contributed by atoms with Gasteiger partial charge in [-0.3, -0.25) is 4.79 Å². The average Bonchev–Trinajstić information content (AvgIpc) is 2.37. The number of carbonyl (C=O) groups is 2. The molecule has 0 heterocycles. The molecule has 0 bridgehead atoms. The summed E-state index contributed by atoms with van der Waals surface area (Å²) in [6.45, 7) is 0.142. The molecule has 1 aromatic rings. The summed E-state index contributed by atoms with van der Waals surface area (Å²) in [5, 5.41) is 0. The van der Waals surface area contributed by atoms with Crippen LogP contribution < -0.4 is 4.74 Å². The largest absolute Gasteiger partial charge is 0.462 e. The second kappa shape index (κ2) is 7.33. The third kappa shape index (κ3) is 4.00. The number of benzene rings is 1. The zero-order valence-electron chi connectivity index (χ0n) is 10.9. The summed E-state index contributed by atoms with van der Waals surface area (Å²) in [4.78, 5) is 23.2. The van der Waals surface area contributed by atoms with Crippen molar-refractivity contribution >= 4 is 27.7 Å². The molecule has 1 rings (SSSR count). The molecule has 0 spiro atoms. The van der Waals surface area contributed by atoms with Gasteiger partial charge >= 0.3 is 12.6 Å². The van der Waals surface area contributed by atoms with Crippen LogP contribution >= 0.6 is 15.9 Å². The SMILES string of the molecule is CCOC(=O)c1cccc(OC(F)F)c1C(=O)C(C)Br. The van der Waals surface area contributed by atoms with Gasteiger partial charge in [0, 0.05) is 0 Å². The molecule has 0 aliphatic heterocycles. The maximum Gasteiger partial charge on any atom is 0.387 e. The normalized spacial score (nSPS) is 12.1. The van der Waals surface area contributed by atoms with Crippen LogP contribution in [0.4, 0.5) is 8.78 Å². The number of hydrogen-bond acceptors (Lipinski definition) is 4. The molecular weight excluding hydrogens is 338 g/mol. The van der Waals surface area contributed by atoms with Crippen LogP contribution in [0.25, 0.3) is 0 Å². The highest BCUT2D eigenvalue weighted by Gasteiger charge is 2.26. The zero-order valence-corrected chi connectivity index (χ0v) is 12.4. The van der Waals surface area contributed by atoms with E-state index in [0.29, 0.717) is 0 Å². The number of ether oxygens (including phenoxy) is 2. The molecular formula is C13H13BrF2O4. The van der Waals surface area contributed by atoms with Crippen molar-refractivity contribution in [3.63, 3.8) is 0 Å². The third-order valence-electron chi connectivity index (χ3n) is 2.35. The quantitative estimate of drug-likeness (QED) is 0.448. The van der Waals surface area contributed by atoms with Crippen molar-refractivity contribution < 1.29 is 27.8 Å². The molecule has 0 aliphatic carbocycles. The van der Waals surface area contributed by atoms with Crippen molar-refractivity contribution in [2.75, 3.05) is 6.61 Å². The van der Waals surface area contributed by atoms with Crippen molar-refractivity contribution in [3.05, 3.63) is 29.3 Å². The number of esters is 1. The van der Waals surface area contributed by atoms with Gasteiger partial charge in [0.05, 0.1) is 22.6 Å². The first-order valence-electron chi connectivity index (χ1n) is 5.81. The summed E-state index contributed by atoms with van der Waals surface area (Å²) < 4.78 is 33.9. The van der Waals surface area contributed by atoms with E-state index in [1.165, 1.54) is 25.1 Å². The Morgan fingerprint density at radius 1 is 1.35 bits per heavy atom. The molecule has 20 heavy (non-hydrogen) atoms. The first-order valence-corrected chi connectivity index (χ1v) is 6.73. The van der Waals surface area contributed by atoms with Crippen LogP contribution in [0.5, 0.6) is 5.75 Å². The van der Waals surface area contributed by atoms with Gasteiger partial charge in [-0.15, -0.1) is 0 Å².